The summed E-state index contributed by atoms with van der Waals surface area (Å²) in [6.45, 7) is 2.64. The average molecular weight is 355 g/mol. The van der Waals surface area contributed by atoms with Gasteiger partial charge in [-0.25, -0.2) is 9.97 Å². The van der Waals surface area contributed by atoms with Crippen LogP contribution in [-0.4, -0.2) is 59.8 Å². The number of nitrogens with zero attached hydrogens (tertiary/aromatic N) is 3. The maximum absolute atomic E-state index is 13.0. The van der Waals surface area contributed by atoms with Crippen LogP contribution in [0.2, 0.25) is 0 Å². The third kappa shape index (κ3) is 3.62. The molecule has 7 heteroatoms. The maximum Gasteiger partial charge on any atom is 0.257 e. The number of ether oxygens (including phenoxy) is 3. The van der Waals surface area contributed by atoms with Crippen LogP contribution >= 0.6 is 0 Å². The van der Waals surface area contributed by atoms with Gasteiger partial charge < -0.3 is 19.1 Å². The number of carbonyl (C=O) groups excluding carboxylic acids is 1. The van der Waals surface area contributed by atoms with Crippen molar-refractivity contribution in [3.63, 3.8) is 0 Å². The minimum absolute atomic E-state index is 0.000581. The summed E-state index contributed by atoms with van der Waals surface area (Å²) < 4.78 is 17.1. The summed E-state index contributed by atoms with van der Waals surface area (Å²) in [7, 11) is 0. The van der Waals surface area contributed by atoms with Crippen molar-refractivity contribution >= 4 is 5.91 Å². The second kappa shape index (κ2) is 7.70. The fourth-order valence-corrected chi connectivity index (χ4v) is 3.27. The van der Waals surface area contributed by atoms with Crippen LogP contribution in [-0.2, 0) is 11.2 Å². The second-order valence-corrected chi connectivity index (χ2v) is 6.31. The van der Waals surface area contributed by atoms with Gasteiger partial charge in [0.15, 0.2) is 11.5 Å². The van der Waals surface area contributed by atoms with Gasteiger partial charge >= 0.3 is 0 Å². The van der Waals surface area contributed by atoms with Crippen molar-refractivity contribution in [3.05, 3.63) is 48.0 Å². The lowest BCUT2D eigenvalue weighted by atomic mass is 10.1. The topological polar surface area (TPSA) is 73.8 Å². The number of carbonyl (C=O) groups is 1. The maximum atomic E-state index is 13.0. The summed E-state index contributed by atoms with van der Waals surface area (Å²) in [6, 6.07) is 7.35. The highest BCUT2D eigenvalue weighted by atomic mass is 16.6. The minimum Gasteiger partial charge on any atom is -0.486 e. The zero-order chi connectivity index (χ0) is 17.8. The highest BCUT2D eigenvalue weighted by molar-refractivity contribution is 5.98. The van der Waals surface area contributed by atoms with Gasteiger partial charge in [0.25, 0.3) is 5.91 Å². The van der Waals surface area contributed by atoms with Gasteiger partial charge in [0.2, 0.25) is 0 Å². The first kappa shape index (κ1) is 16.8. The first-order chi connectivity index (χ1) is 12.8. The molecule has 2 aliphatic rings. The van der Waals surface area contributed by atoms with Crippen LogP contribution in [0.4, 0.5) is 0 Å². The summed E-state index contributed by atoms with van der Waals surface area (Å²) in [6.07, 6.45) is 4.90. The second-order valence-electron chi connectivity index (χ2n) is 6.31. The van der Waals surface area contributed by atoms with Crippen LogP contribution in [0, 0.1) is 0 Å². The molecule has 0 saturated carbocycles. The van der Waals surface area contributed by atoms with Gasteiger partial charge in [-0.15, -0.1) is 0 Å². The van der Waals surface area contributed by atoms with Crippen molar-refractivity contribution in [2.75, 3.05) is 32.9 Å². The molecule has 7 nitrogen and oxygen atoms in total. The number of para-hydroxylation sites is 1. The van der Waals surface area contributed by atoms with Gasteiger partial charge in [-0.3, -0.25) is 4.79 Å². The number of benzene rings is 1. The molecule has 1 saturated heterocycles. The van der Waals surface area contributed by atoms with Gasteiger partial charge in [-0.1, -0.05) is 6.07 Å². The number of hydrogen-bond acceptors (Lipinski definition) is 6. The van der Waals surface area contributed by atoms with Gasteiger partial charge in [-0.2, -0.15) is 0 Å². The van der Waals surface area contributed by atoms with Gasteiger partial charge in [0.05, 0.1) is 18.3 Å². The molecule has 4 rings (SSSR count). The van der Waals surface area contributed by atoms with Crippen LogP contribution in [0.15, 0.2) is 36.8 Å². The number of aryl methyl sites for hydroxylation is 1. The lowest BCUT2D eigenvalue weighted by Crippen LogP contribution is -2.46. The van der Waals surface area contributed by atoms with Crippen LogP contribution in [0.5, 0.6) is 11.5 Å². The first-order valence-corrected chi connectivity index (χ1v) is 8.85. The van der Waals surface area contributed by atoms with Crippen molar-refractivity contribution in [2.24, 2.45) is 0 Å². The zero-order valence-corrected chi connectivity index (χ0v) is 14.5. The van der Waals surface area contributed by atoms with Crippen molar-refractivity contribution < 1.29 is 19.0 Å². The van der Waals surface area contributed by atoms with E-state index in [1.165, 1.54) is 0 Å². The molecule has 1 atom stereocenters. The molecule has 2 aromatic rings. The molecule has 26 heavy (non-hydrogen) atoms. The summed E-state index contributed by atoms with van der Waals surface area (Å²) in [5.74, 6) is 1.14. The van der Waals surface area contributed by atoms with Crippen molar-refractivity contribution in [2.45, 2.75) is 18.9 Å². The van der Waals surface area contributed by atoms with Crippen molar-refractivity contribution in [1.82, 2.24) is 14.9 Å². The van der Waals surface area contributed by atoms with E-state index < -0.39 is 0 Å². The number of morpholine rings is 1. The van der Waals surface area contributed by atoms with E-state index in [1.54, 1.807) is 18.6 Å². The minimum atomic E-state index is -0.0392. The fraction of sp³-hybridized carbons (Fsp3) is 0.421. The number of amides is 1. The average Bonchev–Trinajstić information content (AvgIpc) is 2.72. The standard InChI is InChI=1S/C19H21N3O4/c23-19(16-2-1-3-17-18(16)26-11-10-25-17)22-8-9-24-15(12-22)5-4-14-6-7-20-13-21-14/h1-3,6-7,13,15H,4-5,8-12H2. The fourth-order valence-electron chi connectivity index (χ4n) is 3.27. The summed E-state index contributed by atoms with van der Waals surface area (Å²) in [5, 5.41) is 0. The predicted octanol–water partition coefficient (Wildman–Crippen LogP) is 1.72. The van der Waals surface area contributed by atoms with Gasteiger partial charge in [0, 0.05) is 25.0 Å². The molecule has 1 amide bonds. The molecule has 1 fully saturated rings. The number of hydrogen-bond donors (Lipinski definition) is 0. The molecule has 136 valence electrons. The monoisotopic (exact) mass is 355 g/mol. The molecule has 0 radical (unpaired) electrons. The van der Waals surface area contributed by atoms with Crippen molar-refractivity contribution in [1.29, 1.82) is 0 Å². The molecule has 0 N–H and O–H groups in total. The molecular formula is C19H21N3O4. The predicted molar refractivity (Wildman–Crippen MR) is 93.4 cm³/mol. The van der Waals surface area contributed by atoms with E-state index in [9.17, 15) is 4.79 Å². The molecule has 1 aromatic heterocycles. The van der Waals surface area contributed by atoms with E-state index in [2.05, 4.69) is 9.97 Å². The van der Waals surface area contributed by atoms with E-state index in [0.717, 1.165) is 18.5 Å². The molecule has 1 unspecified atom stereocenters. The molecule has 1 aromatic carbocycles. The highest BCUT2D eigenvalue weighted by Gasteiger charge is 2.28. The largest absolute Gasteiger partial charge is 0.486 e. The Hall–Kier alpha value is -2.67. The lowest BCUT2D eigenvalue weighted by Gasteiger charge is -2.33. The normalized spacial score (nSPS) is 19.2. The van der Waals surface area contributed by atoms with E-state index in [-0.39, 0.29) is 12.0 Å². The molecule has 0 bridgehead atoms. The molecular weight excluding hydrogens is 334 g/mol. The highest BCUT2D eigenvalue weighted by Crippen LogP contribution is 2.34. The third-order valence-electron chi connectivity index (χ3n) is 4.59. The Morgan fingerprint density at radius 2 is 2.12 bits per heavy atom. The van der Waals surface area contributed by atoms with E-state index in [4.69, 9.17) is 14.2 Å². The van der Waals surface area contributed by atoms with Gasteiger partial charge in [-0.05, 0) is 31.0 Å². The summed E-state index contributed by atoms with van der Waals surface area (Å²) >= 11 is 0. The Bertz CT molecular complexity index is 769. The van der Waals surface area contributed by atoms with Gasteiger partial charge in [0.1, 0.15) is 19.5 Å². The first-order valence-electron chi connectivity index (χ1n) is 8.85. The zero-order valence-electron chi connectivity index (χ0n) is 14.5. The van der Waals surface area contributed by atoms with E-state index in [0.29, 0.717) is 50.0 Å². The summed E-state index contributed by atoms with van der Waals surface area (Å²) in [5.41, 5.74) is 1.54. The molecule has 2 aliphatic heterocycles. The molecule has 3 heterocycles. The van der Waals surface area contributed by atoms with Crippen LogP contribution in [0.3, 0.4) is 0 Å². The third-order valence-corrected chi connectivity index (χ3v) is 4.59. The molecule has 0 spiro atoms. The number of rotatable bonds is 4. The Morgan fingerprint density at radius 1 is 1.19 bits per heavy atom. The Balaban J connectivity index is 1.42. The Labute approximate surface area is 151 Å². The lowest BCUT2D eigenvalue weighted by molar-refractivity contribution is -0.0248. The smallest absolute Gasteiger partial charge is 0.257 e. The number of aromatic nitrogens is 2. The quantitative estimate of drug-likeness (QED) is 0.831. The molecule has 0 aliphatic carbocycles. The SMILES string of the molecule is O=C(c1cccc2c1OCCO2)N1CCOC(CCc2ccncn2)C1. The Morgan fingerprint density at radius 3 is 3.00 bits per heavy atom. The summed E-state index contributed by atoms with van der Waals surface area (Å²) in [4.78, 5) is 23.0. The van der Waals surface area contributed by atoms with Crippen LogP contribution < -0.4 is 9.47 Å². The van der Waals surface area contributed by atoms with Crippen LogP contribution in [0.25, 0.3) is 0 Å². The number of fused-ring (bicyclic) bond motifs is 1. The Kier molecular flexibility index (Phi) is 4.97. The van der Waals surface area contributed by atoms with Crippen molar-refractivity contribution in [3.8, 4) is 11.5 Å². The van der Waals surface area contributed by atoms with E-state index >= 15 is 0 Å². The van der Waals surface area contributed by atoms with Crippen LogP contribution in [0.1, 0.15) is 22.5 Å². The van der Waals surface area contributed by atoms with E-state index in [1.807, 2.05) is 23.1 Å².